The van der Waals surface area contributed by atoms with Crippen LogP contribution in [0.3, 0.4) is 0 Å². The fourth-order valence-corrected chi connectivity index (χ4v) is 5.49. The molecule has 0 aliphatic heterocycles. The van der Waals surface area contributed by atoms with Gasteiger partial charge in [-0.1, -0.05) is 58.3 Å². The monoisotopic (exact) mass is 354 g/mol. The molecule has 0 aromatic heterocycles. The molecule has 0 spiro atoms. The third-order valence-corrected chi connectivity index (χ3v) is 8.15. The number of nitrogens with one attached hydrogen (secondary N) is 2. The van der Waals surface area contributed by atoms with E-state index < -0.39 is 18.1 Å². The summed E-state index contributed by atoms with van der Waals surface area (Å²) in [5.74, 6) is 0. The van der Waals surface area contributed by atoms with Gasteiger partial charge in [-0.3, -0.25) is 0 Å². The van der Waals surface area contributed by atoms with Crippen LogP contribution in [0, 0.1) is 0 Å². The van der Waals surface area contributed by atoms with Crippen LogP contribution in [0.5, 0.6) is 0 Å². The first-order valence-electron chi connectivity index (χ1n) is 8.41. The van der Waals surface area contributed by atoms with Gasteiger partial charge in [0.1, 0.15) is 0 Å². The summed E-state index contributed by atoms with van der Waals surface area (Å²) in [4.78, 5) is 0. The van der Waals surface area contributed by atoms with E-state index in [2.05, 4.69) is 16.4 Å². The summed E-state index contributed by atoms with van der Waals surface area (Å²) in [5, 5.41) is 0. The lowest BCUT2D eigenvalue weighted by molar-refractivity contribution is 0.414. The van der Waals surface area contributed by atoms with Crippen LogP contribution in [0.2, 0.25) is 0 Å². The van der Waals surface area contributed by atoms with E-state index in [0.717, 1.165) is 44.9 Å². The SMILES string of the molecule is CCCCCCCCNS(=O)(=O)S(=O)(=O)NC1CCCCC1. The van der Waals surface area contributed by atoms with Crippen molar-refractivity contribution in [3.8, 4) is 0 Å². The van der Waals surface area contributed by atoms with Crippen molar-refractivity contribution in [3.05, 3.63) is 0 Å². The van der Waals surface area contributed by atoms with Gasteiger partial charge in [0.2, 0.25) is 0 Å². The molecule has 1 saturated carbocycles. The first-order chi connectivity index (χ1) is 10.4. The average molecular weight is 355 g/mol. The summed E-state index contributed by atoms with van der Waals surface area (Å²) >= 11 is 0. The van der Waals surface area contributed by atoms with Crippen LogP contribution < -0.4 is 9.44 Å². The predicted octanol–water partition coefficient (Wildman–Crippen LogP) is 2.43. The average Bonchev–Trinajstić information content (AvgIpc) is 2.46. The quantitative estimate of drug-likeness (QED) is 0.440. The van der Waals surface area contributed by atoms with Gasteiger partial charge in [0.05, 0.1) is 0 Å². The zero-order chi connectivity index (χ0) is 16.5. The van der Waals surface area contributed by atoms with E-state index in [-0.39, 0.29) is 12.6 Å². The van der Waals surface area contributed by atoms with Crippen LogP contribution in [-0.2, 0) is 18.1 Å². The Hall–Kier alpha value is -0.180. The second-order valence-electron chi connectivity index (χ2n) is 6.02. The fourth-order valence-electron chi connectivity index (χ4n) is 2.67. The molecule has 0 amide bonds. The first kappa shape index (κ1) is 19.9. The zero-order valence-corrected chi connectivity index (χ0v) is 15.1. The Kier molecular flexibility index (Phi) is 8.89. The van der Waals surface area contributed by atoms with Crippen LogP contribution in [0.4, 0.5) is 0 Å². The van der Waals surface area contributed by atoms with Gasteiger partial charge in [-0.15, -0.1) is 0 Å². The molecule has 1 fully saturated rings. The Labute approximate surface area is 134 Å². The van der Waals surface area contributed by atoms with Gasteiger partial charge in [0, 0.05) is 12.6 Å². The molecule has 8 heteroatoms. The Bertz CT molecular complexity index is 497. The topological polar surface area (TPSA) is 92.3 Å². The fraction of sp³-hybridized carbons (Fsp3) is 1.00. The largest absolute Gasteiger partial charge is 0.331 e. The van der Waals surface area contributed by atoms with Crippen LogP contribution in [0.25, 0.3) is 0 Å². The van der Waals surface area contributed by atoms with Crippen molar-refractivity contribution in [2.75, 3.05) is 6.54 Å². The molecular weight excluding hydrogens is 324 g/mol. The highest BCUT2D eigenvalue weighted by Gasteiger charge is 2.32. The molecule has 132 valence electrons. The summed E-state index contributed by atoms with van der Waals surface area (Å²) < 4.78 is 52.3. The highest BCUT2D eigenvalue weighted by Crippen LogP contribution is 2.18. The lowest BCUT2D eigenvalue weighted by Gasteiger charge is -2.22. The normalized spacial score (nSPS) is 17.7. The van der Waals surface area contributed by atoms with Crippen LogP contribution in [0.15, 0.2) is 0 Å². The maximum absolute atomic E-state index is 12.0. The molecule has 0 aromatic rings. The van der Waals surface area contributed by atoms with E-state index in [0.29, 0.717) is 19.3 Å². The van der Waals surface area contributed by atoms with Crippen molar-refractivity contribution in [2.45, 2.75) is 83.6 Å². The summed E-state index contributed by atoms with van der Waals surface area (Å²) in [7, 11) is -8.70. The van der Waals surface area contributed by atoms with E-state index in [9.17, 15) is 16.8 Å². The third-order valence-electron chi connectivity index (χ3n) is 4.01. The molecule has 2 N–H and O–H groups in total. The lowest BCUT2D eigenvalue weighted by atomic mass is 9.96. The molecule has 6 nitrogen and oxygen atoms in total. The first-order valence-corrected chi connectivity index (χ1v) is 11.9. The summed E-state index contributed by atoms with van der Waals surface area (Å²) in [6.07, 6.45) is 10.5. The van der Waals surface area contributed by atoms with E-state index in [1.54, 1.807) is 0 Å². The van der Waals surface area contributed by atoms with E-state index in [1.807, 2.05) is 0 Å². The maximum atomic E-state index is 12.0. The maximum Gasteiger partial charge on any atom is 0.331 e. The molecule has 0 heterocycles. The molecule has 0 saturated heterocycles. The van der Waals surface area contributed by atoms with Gasteiger partial charge in [-0.25, -0.2) is 4.72 Å². The minimum Gasteiger partial charge on any atom is -0.201 e. The smallest absolute Gasteiger partial charge is 0.201 e. The molecule has 1 aliphatic rings. The van der Waals surface area contributed by atoms with Crippen molar-refractivity contribution in [2.24, 2.45) is 0 Å². The molecule has 0 unspecified atom stereocenters. The van der Waals surface area contributed by atoms with Gasteiger partial charge in [-0.05, 0) is 19.3 Å². The highest BCUT2D eigenvalue weighted by molar-refractivity contribution is 8.65. The van der Waals surface area contributed by atoms with Crippen molar-refractivity contribution in [1.29, 1.82) is 0 Å². The second kappa shape index (κ2) is 9.85. The van der Waals surface area contributed by atoms with Crippen LogP contribution >= 0.6 is 0 Å². The Morgan fingerprint density at radius 1 is 0.818 bits per heavy atom. The Morgan fingerprint density at radius 3 is 2.05 bits per heavy atom. The van der Waals surface area contributed by atoms with Gasteiger partial charge in [0.25, 0.3) is 0 Å². The van der Waals surface area contributed by atoms with E-state index in [1.165, 1.54) is 6.42 Å². The molecule has 0 radical (unpaired) electrons. The van der Waals surface area contributed by atoms with E-state index in [4.69, 9.17) is 0 Å². The highest BCUT2D eigenvalue weighted by atomic mass is 33.2. The standard InChI is InChI=1S/C14H30N2O4S2/c1-2-3-4-5-6-10-13-15-21(17,18)22(19,20)16-14-11-8-7-9-12-14/h14-16H,2-13H2,1H3. The van der Waals surface area contributed by atoms with Gasteiger partial charge < -0.3 is 0 Å². The van der Waals surface area contributed by atoms with Gasteiger partial charge >= 0.3 is 18.1 Å². The van der Waals surface area contributed by atoms with Gasteiger partial charge in [0.15, 0.2) is 0 Å². The van der Waals surface area contributed by atoms with Crippen molar-refractivity contribution in [3.63, 3.8) is 0 Å². The number of unbranched alkanes of at least 4 members (excludes halogenated alkanes) is 5. The molecule has 1 aliphatic carbocycles. The van der Waals surface area contributed by atoms with Crippen molar-refractivity contribution >= 4 is 18.1 Å². The molecule has 0 bridgehead atoms. The molecule has 1 rings (SSSR count). The van der Waals surface area contributed by atoms with Crippen LogP contribution in [-0.4, -0.2) is 29.4 Å². The predicted molar refractivity (Wildman–Crippen MR) is 89.2 cm³/mol. The van der Waals surface area contributed by atoms with Crippen LogP contribution in [0.1, 0.15) is 77.6 Å². The lowest BCUT2D eigenvalue weighted by Crippen LogP contribution is -2.44. The van der Waals surface area contributed by atoms with Crippen molar-refractivity contribution in [1.82, 2.24) is 9.44 Å². The Balaban J connectivity index is 2.33. The molecule has 0 atom stereocenters. The summed E-state index contributed by atoms with van der Waals surface area (Å²) in [6, 6.07) is -0.246. The van der Waals surface area contributed by atoms with Gasteiger partial charge in [-0.2, -0.15) is 21.6 Å². The summed E-state index contributed by atoms with van der Waals surface area (Å²) in [5.41, 5.74) is 0. The Morgan fingerprint density at radius 2 is 1.41 bits per heavy atom. The number of hydrogen-bond donors (Lipinski definition) is 2. The third kappa shape index (κ3) is 6.93. The van der Waals surface area contributed by atoms with E-state index >= 15 is 0 Å². The van der Waals surface area contributed by atoms with Crippen molar-refractivity contribution < 1.29 is 16.8 Å². The number of rotatable bonds is 11. The zero-order valence-electron chi connectivity index (χ0n) is 13.5. The minimum absolute atomic E-state index is 0.181. The molecular formula is C14H30N2O4S2. The minimum atomic E-state index is -4.35. The number of hydrogen-bond acceptors (Lipinski definition) is 4. The molecule has 0 aromatic carbocycles. The summed E-state index contributed by atoms with van der Waals surface area (Å²) in [6.45, 7) is 2.32. The molecule has 22 heavy (non-hydrogen) atoms. The second-order valence-corrected chi connectivity index (χ2v) is 11.0.